The molecule has 70 valence electrons. The van der Waals surface area contributed by atoms with Crippen LogP contribution in [0.25, 0.3) is 0 Å². The lowest BCUT2D eigenvalue weighted by molar-refractivity contribution is 0.329. The first-order valence-corrected chi connectivity index (χ1v) is 4.87. The van der Waals surface area contributed by atoms with Crippen molar-refractivity contribution >= 4 is 0 Å². The summed E-state index contributed by atoms with van der Waals surface area (Å²) < 4.78 is 0. The van der Waals surface area contributed by atoms with Gasteiger partial charge in [0, 0.05) is 25.0 Å². The van der Waals surface area contributed by atoms with Crippen LogP contribution in [0.4, 0.5) is 0 Å². The Morgan fingerprint density at radius 2 is 2.38 bits per heavy atom. The van der Waals surface area contributed by atoms with Crippen molar-refractivity contribution in [3.8, 4) is 0 Å². The van der Waals surface area contributed by atoms with Gasteiger partial charge in [-0.1, -0.05) is 6.07 Å². The van der Waals surface area contributed by atoms with E-state index in [1.807, 2.05) is 18.5 Å². The number of likely N-dealkylation sites (N-methyl/N-ethyl adjacent to an activating group) is 1. The number of likely N-dealkylation sites (tertiary alicyclic amines) is 1. The van der Waals surface area contributed by atoms with Gasteiger partial charge in [-0.05, 0) is 37.9 Å². The van der Waals surface area contributed by atoms with Crippen molar-refractivity contribution in [2.24, 2.45) is 0 Å². The van der Waals surface area contributed by atoms with Gasteiger partial charge in [0.15, 0.2) is 0 Å². The Morgan fingerprint density at radius 1 is 1.54 bits per heavy atom. The van der Waals surface area contributed by atoms with E-state index in [-0.39, 0.29) is 0 Å². The predicted molar refractivity (Wildman–Crippen MR) is 53.7 cm³/mol. The van der Waals surface area contributed by atoms with Gasteiger partial charge in [-0.3, -0.25) is 4.98 Å². The van der Waals surface area contributed by atoms with Gasteiger partial charge in [0.05, 0.1) is 0 Å². The first-order valence-electron chi connectivity index (χ1n) is 4.87. The van der Waals surface area contributed by atoms with Crippen LogP contribution in [0.1, 0.15) is 24.8 Å². The SMILES string of the molecule is CC1CC(c2cccnc2)CN1C. The number of hydrogen-bond donors (Lipinski definition) is 0. The minimum atomic E-state index is 0.689. The summed E-state index contributed by atoms with van der Waals surface area (Å²) in [6.07, 6.45) is 5.10. The van der Waals surface area contributed by atoms with Gasteiger partial charge in [0.1, 0.15) is 0 Å². The second-order valence-electron chi connectivity index (χ2n) is 4.01. The van der Waals surface area contributed by atoms with E-state index in [1.54, 1.807) is 0 Å². The Morgan fingerprint density at radius 3 is 2.92 bits per heavy atom. The summed E-state index contributed by atoms with van der Waals surface area (Å²) in [7, 11) is 2.20. The summed E-state index contributed by atoms with van der Waals surface area (Å²) in [6, 6.07) is 4.92. The molecule has 0 bridgehead atoms. The van der Waals surface area contributed by atoms with E-state index < -0.39 is 0 Å². The Labute approximate surface area is 79.6 Å². The fourth-order valence-electron chi connectivity index (χ4n) is 2.05. The summed E-state index contributed by atoms with van der Waals surface area (Å²) in [5, 5.41) is 0. The predicted octanol–water partition coefficient (Wildman–Crippen LogP) is 1.89. The van der Waals surface area contributed by atoms with E-state index in [2.05, 4.69) is 29.9 Å². The second-order valence-corrected chi connectivity index (χ2v) is 4.01. The normalized spacial score (nSPS) is 29.4. The van der Waals surface area contributed by atoms with Crippen molar-refractivity contribution in [2.45, 2.75) is 25.3 Å². The highest BCUT2D eigenvalue weighted by Gasteiger charge is 2.26. The molecule has 2 heteroatoms. The monoisotopic (exact) mass is 176 g/mol. The van der Waals surface area contributed by atoms with E-state index in [1.165, 1.54) is 18.5 Å². The van der Waals surface area contributed by atoms with Crippen LogP contribution in [0, 0.1) is 0 Å². The first-order chi connectivity index (χ1) is 6.27. The molecule has 1 aromatic rings. The minimum Gasteiger partial charge on any atom is -0.303 e. The topological polar surface area (TPSA) is 16.1 Å². The molecule has 0 spiro atoms. The third kappa shape index (κ3) is 1.73. The quantitative estimate of drug-likeness (QED) is 0.649. The highest BCUT2D eigenvalue weighted by Crippen LogP contribution is 2.29. The Kier molecular flexibility index (Phi) is 2.32. The summed E-state index contributed by atoms with van der Waals surface area (Å²) in [5.74, 6) is 0.689. The maximum Gasteiger partial charge on any atom is 0.0303 e. The van der Waals surface area contributed by atoms with Gasteiger partial charge in [0.2, 0.25) is 0 Å². The number of rotatable bonds is 1. The van der Waals surface area contributed by atoms with Crippen molar-refractivity contribution in [3.05, 3.63) is 30.1 Å². The van der Waals surface area contributed by atoms with E-state index >= 15 is 0 Å². The van der Waals surface area contributed by atoms with Crippen LogP contribution < -0.4 is 0 Å². The molecule has 1 aliphatic rings. The largest absolute Gasteiger partial charge is 0.303 e. The molecule has 2 nitrogen and oxygen atoms in total. The fourth-order valence-corrected chi connectivity index (χ4v) is 2.05. The van der Waals surface area contributed by atoms with Crippen LogP contribution in [0.2, 0.25) is 0 Å². The van der Waals surface area contributed by atoms with Gasteiger partial charge < -0.3 is 4.90 Å². The van der Waals surface area contributed by atoms with E-state index in [4.69, 9.17) is 0 Å². The molecule has 1 saturated heterocycles. The lowest BCUT2D eigenvalue weighted by atomic mass is 9.98. The molecule has 1 fully saturated rings. The van der Waals surface area contributed by atoms with Crippen molar-refractivity contribution in [2.75, 3.05) is 13.6 Å². The molecule has 0 aromatic carbocycles. The maximum absolute atomic E-state index is 4.16. The summed E-state index contributed by atoms with van der Waals surface area (Å²) >= 11 is 0. The molecular formula is C11H16N2. The van der Waals surface area contributed by atoms with Crippen LogP contribution in [-0.2, 0) is 0 Å². The van der Waals surface area contributed by atoms with Gasteiger partial charge in [-0.25, -0.2) is 0 Å². The zero-order valence-corrected chi connectivity index (χ0v) is 8.27. The Bertz CT molecular complexity index is 261. The Balaban J connectivity index is 2.12. The van der Waals surface area contributed by atoms with Crippen molar-refractivity contribution in [1.82, 2.24) is 9.88 Å². The van der Waals surface area contributed by atoms with E-state index in [0.717, 1.165) is 0 Å². The van der Waals surface area contributed by atoms with Crippen molar-refractivity contribution in [1.29, 1.82) is 0 Å². The molecule has 2 heterocycles. The van der Waals surface area contributed by atoms with Gasteiger partial charge in [-0.2, -0.15) is 0 Å². The highest BCUT2D eigenvalue weighted by atomic mass is 15.1. The summed E-state index contributed by atoms with van der Waals surface area (Å²) in [6.45, 7) is 3.46. The number of pyridine rings is 1. The summed E-state index contributed by atoms with van der Waals surface area (Å²) in [4.78, 5) is 6.58. The van der Waals surface area contributed by atoms with E-state index in [9.17, 15) is 0 Å². The molecule has 0 N–H and O–H groups in total. The third-order valence-corrected chi connectivity index (χ3v) is 3.04. The van der Waals surface area contributed by atoms with Crippen molar-refractivity contribution < 1.29 is 0 Å². The average molecular weight is 176 g/mol. The zero-order chi connectivity index (χ0) is 9.26. The third-order valence-electron chi connectivity index (χ3n) is 3.04. The molecule has 2 unspecified atom stereocenters. The number of aromatic nitrogens is 1. The van der Waals surface area contributed by atoms with Crippen LogP contribution in [0.5, 0.6) is 0 Å². The standard InChI is InChI=1S/C11H16N2/c1-9-6-11(8-13(9)2)10-4-3-5-12-7-10/h3-5,7,9,11H,6,8H2,1-2H3. The van der Waals surface area contributed by atoms with Crippen LogP contribution in [0.15, 0.2) is 24.5 Å². The molecule has 13 heavy (non-hydrogen) atoms. The molecule has 0 aliphatic carbocycles. The van der Waals surface area contributed by atoms with Crippen LogP contribution >= 0.6 is 0 Å². The molecule has 2 rings (SSSR count). The first kappa shape index (κ1) is 8.70. The molecule has 1 aromatic heterocycles. The number of hydrogen-bond acceptors (Lipinski definition) is 2. The molecule has 1 aliphatic heterocycles. The smallest absolute Gasteiger partial charge is 0.0303 e. The summed E-state index contributed by atoms with van der Waals surface area (Å²) in [5.41, 5.74) is 1.39. The van der Waals surface area contributed by atoms with Crippen LogP contribution in [-0.4, -0.2) is 29.5 Å². The van der Waals surface area contributed by atoms with Crippen molar-refractivity contribution in [3.63, 3.8) is 0 Å². The zero-order valence-electron chi connectivity index (χ0n) is 8.27. The highest BCUT2D eigenvalue weighted by molar-refractivity contribution is 5.17. The molecule has 0 amide bonds. The Hall–Kier alpha value is -0.890. The maximum atomic E-state index is 4.16. The van der Waals surface area contributed by atoms with Gasteiger partial charge in [-0.15, -0.1) is 0 Å². The molecule has 0 radical (unpaired) electrons. The average Bonchev–Trinajstić information content (AvgIpc) is 2.49. The van der Waals surface area contributed by atoms with E-state index in [0.29, 0.717) is 12.0 Å². The number of nitrogens with zero attached hydrogens (tertiary/aromatic N) is 2. The lowest BCUT2D eigenvalue weighted by Crippen LogP contribution is -2.21. The molecule has 2 atom stereocenters. The van der Waals surface area contributed by atoms with Gasteiger partial charge >= 0.3 is 0 Å². The lowest BCUT2D eigenvalue weighted by Gasteiger charge is -2.12. The van der Waals surface area contributed by atoms with Gasteiger partial charge in [0.25, 0.3) is 0 Å². The second kappa shape index (κ2) is 3.46. The fraction of sp³-hybridized carbons (Fsp3) is 0.545. The minimum absolute atomic E-state index is 0.689. The van der Waals surface area contributed by atoms with Crippen LogP contribution in [0.3, 0.4) is 0 Å². The molecule has 0 saturated carbocycles. The molecular weight excluding hydrogens is 160 g/mol.